The molecular weight excluding hydrogens is 488 g/mol. The molecule has 1 aliphatic heterocycles. The first-order valence-corrected chi connectivity index (χ1v) is 14.2. The second kappa shape index (κ2) is 11.1. The number of fused-ring (bicyclic) bond motifs is 1. The normalized spacial score (nSPS) is 14.3. The number of aryl methyl sites for hydroxylation is 2. The Morgan fingerprint density at radius 2 is 1.76 bits per heavy atom. The molecule has 6 nitrogen and oxygen atoms in total. The van der Waals surface area contributed by atoms with Gasteiger partial charge in [-0.25, -0.2) is 8.42 Å². The Morgan fingerprint density at radius 3 is 2.43 bits per heavy atom. The summed E-state index contributed by atoms with van der Waals surface area (Å²) in [6.45, 7) is 4.80. The molecule has 0 fully saturated rings. The molecule has 0 saturated heterocycles. The largest absolute Gasteiger partial charge is 0.494 e. The summed E-state index contributed by atoms with van der Waals surface area (Å²) in [7, 11) is -2.99. The lowest BCUT2D eigenvalue weighted by Gasteiger charge is -2.14. The zero-order valence-electron chi connectivity index (χ0n) is 21.2. The number of aliphatic carboxylic acids is 1. The number of hydrogen-bond donors (Lipinski definition) is 1. The smallest absolute Gasteiger partial charge is 0.304 e. The fourth-order valence-electron chi connectivity index (χ4n) is 4.60. The molecule has 37 heavy (non-hydrogen) atoms. The molecule has 4 rings (SSSR count). The maximum atomic E-state index is 11.3. The lowest BCUT2D eigenvalue weighted by atomic mass is 9.94. The van der Waals surface area contributed by atoms with Crippen LogP contribution in [0.25, 0.3) is 11.1 Å². The van der Waals surface area contributed by atoms with Crippen molar-refractivity contribution in [2.45, 2.75) is 32.6 Å². The molecule has 1 atom stereocenters. The minimum absolute atomic E-state index is 0.0555. The van der Waals surface area contributed by atoms with Crippen LogP contribution in [0.1, 0.15) is 46.6 Å². The molecule has 0 bridgehead atoms. The highest BCUT2D eigenvalue weighted by atomic mass is 32.2. The molecule has 1 unspecified atom stereocenters. The third-order valence-corrected chi connectivity index (χ3v) is 7.28. The summed E-state index contributed by atoms with van der Waals surface area (Å²) < 4.78 is 34.1. The number of sulfone groups is 1. The topological polar surface area (TPSA) is 89.9 Å². The highest BCUT2D eigenvalue weighted by Crippen LogP contribution is 2.36. The minimum Gasteiger partial charge on any atom is -0.494 e. The van der Waals surface area contributed by atoms with Crippen molar-refractivity contribution in [2.24, 2.45) is 0 Å². The third-order valence-electron chi connectivity index (χ3n) is 6.25. The van der Waals surface area contributed by atoms with Crippen molar-refractivity contribution in [3.63, 3.8) is 0 Å². The van der Waals surface area contributed by atoms with Crippen molar-refractivity contribution >= 4 is 15.8 Å². The average molecular weight is 519 g/mol. The fourth-order valence-corrected chi connectivity index (χ4v) is 5.25. The molecule has 0 spiro atoms. The third kappa shape index (κ3) is 6.93. The van der Waals surface area contributed by atoms with E-state index in [1.54, 1.807) is 0 Å². The van der Waals surface area contributed by atoms with Crippen LogP contribution < -0.4 is 9.47 Å². The molecule has 0 amide bonds. The van der Waals surface area contributed by atoms with Crippen LogP contribution >= 0.6 is 0 Å². The van der Waals surface area contributed by atoms with Crippen LogP contribution in [0.3, 0.4) is 0 Å². The van der Waals surface area contributed by atoms with E-state index in [-0.39, 0.29) is 18.1 Å². The predicted molar refractivity (Wildman–Crippen MR) is 144 cm³/mol. The summed E-state index contributed by atoms with van der Waals surface area (Å²) in [5.41, 5.74) is 6.91. The second-order valence-electron chi connectivity index (χ2n) is 9.45. The van der Waals surface area contributed by atoms with E-state index in [2.05, 4.69) is 24.0 Å². The standard InChI is InChI=1S/C30H30O6S/c1-20-14-26(35-12-5-13-37(3,33)34)15-21(2)30(20)24-7-4-6-22(16-24)8-9-23-10-11-27-25(18-29(31)32)19-36-28(27)17-23/h4,6-7,10-11,14-17,25H,5,12-13,18-19H2,1-3H3,(H,31,32). The number of carbonyl (C=O) groups is 1. The van der Waals surface area contributed by atoms with Gasteiger partial charge in [-0.1, -0.05) is 30.0 Å². The number of carboxylic acid groups (broad SMARTS) is 1. The van der Waals surface area contributed by atoms with Crippen molar-refractivity contribution in [1.29, 1.82) is 0 Å². The number of hydrogen-bond acceptors (Lipinski definition) is 5. The molecule has 3 aromatic carbocycles. The van der Waals surface area contributed by atoms with Gasteiger partial charge in [-0.2, -0.15) is 0 Å². The lowest BCUT2D eigenvalue weighted by molar-refractivity contribution is -0.137. The number of rotatable bonds is 8. The van der Waals surface area contributed by atoms with Gasteiger partial charge in [0, 0.05) is 28.9 Å². The van der Waals surface area contributed by atoms with E-state index in [1.807, 2.05) is 56.3 Å². The van der Waals surface area contributed by atoms with Gasteiger partial charge in [0.1, 0.15) is 21.3 Å². The lowest BCUT2D eigenvalue weighted by Crippen LogP contribution is -2.08. The molecule has 7 heteroatoms. The van der Waals surface area contributed by atoms with Gasteiger partial charge in [0.15, 0.2) is 0 Å². The van der Waals surface area contributed by atoms with E-state index < -0.39 is 15.8 Å². The van der Waals surface area contributed by atoms with Gasteiger partial charge in [0.25, 0.3) is 0 Å². The Morgan fingerprint density at radius 1 is 1.05 bits per heavy atom. The fraction of sp³-hybridized carbons (Fsp3) is 0.300. The highest BCUT2D eigenvalue weighted by molar-refractivity contribution is 7.90. The zero-order valence-corrected chi connectivity index (χ0v) is 22.0. The van der Waals surface area contributed by atoms with Gasteiger partial charge in [-0.15, -0.1) is 0 Å². The van der Waals surface area contributed by atoms with Crippen LogP contribution in [0.15, 0.2) is 54.6 Å². The van der Waals surface area contributed by atoms with Crippen molar-refractivity contribution in [1.82, 2.24) is 0 Å². The first kappa shape index (κ1) is 26.3. The van der Waals surface area contributed by atoms with E-state index in [0.29, 0.717) is 25.4 Å². The van der Waals surface area contributed by atoms with Crippen molar-refractivity contribution in [2.75, 3.05) is 25.2 Å². The molecule has 1 heterocycles. The van der Waals surface area contributed by atoms with Crippen molar-refractivity contribution < 1.29 is 27.8 Å². The SMILES string of the molecule is Cc1cc(OCCCS(C)(=O)=O)cc(C)c1-c1cccc(C#Cc2ccc3c(c2)OCC3CC(=O)O)c1. The second-order valence-corrected chi connectivity index (χ2v) is 11.7. The molecule has 0 saturated carbocycles. The van der Waals surface area contributed by atoms with E-state index in [9.17, 15) is 13.2 Å². The molecular formula is C30H30O6S. The molecule has 1 aliphatic rings. The van der Waals surface area contributed by atoms with Gasteiger partial charge in [0.05, 0.1) is 25.4 Å². The van der Waals surface area contributed by atoms with Crippen LogP contribution in [0.2, 0.25) is 0 Å². The Bertz CT molecular complexity index is 1470. The number of carboxylic acids is 1. The van der Waals surface area contributed by atoms with E-state index in [1.165, 1.54) is 6.26 Å². The molecule has 0 aliphatic carbocycles. The summed E-state index contributed by atoms with van der Waals surface area (Å²) in [6.07, 6.45) is 1.74. The monoisotopic (exact) mass is 518 g/mol. The summed E-state index contributed by atoms with van der Waals surface area (Å²) >= 11 is 0. The summed E-state index contributed by atoms with van der Waals surface area (Å²) in [5, 5.41) is 9.08. The van der Waals surface area contributed by atoms with Gasteiger partial charge in [0.2, 0.25) is 0 Å². The maximum Gasteiger partial charge on any atom is 0.304 e. The first-order chi connectivity index (χ1) is 17.6. The molecule has 192 valence electrons. The molecule has 0 aromatic heterocycles. The minimum atomic E-state index is -2.99. The van der Waals surface area contributed by atoms with E-state index in [4.69, 9.17) is 14.6 Å². The summed E-state index contributed by atoms with van der Waals surface area (Å²) in [6, 6.07) is 17.7. The van der Waals surface area contributed by atoms with Crippen LogP contribution in [0, 0.1) is 25.7 Å². The number of ether oxygens (including phenoxy) is 2. The van der Waals surface area contributed by atoms with Crippen LogP contribution in [-0.4, -0.2) is 44.7 Å². The Balaban J connectivity index is 1.49. The zero-order chi connectivity index (χ0) is 26.6. The van der Waals surface area contributed by atoms with Gasteiger partial charge in [-0.05, 0) is 78.9 Å². The highest BCUT2D eigenvalue weighted by Gasteiger charge is 2.26. The van der Waals surface area contributed by atoms with Gasteiger partial charge in [-0.3, -0.25) is 4.79 Å². The van der Waals surface area contributed by atoms with E-state index >= 15 is 0 Å². The van der Waals surface area contributed by atoms with Crippen LogP contribution in [0.4, 0.5) is 0 Å². The molecule has 3 aromatic rings. The van der Waals surface area contributed by atoms with Crippen LogP contribution in [0.5, 0.6) is 11.5 Å². The molecule has 0 radical (unpaired) electrons. The number of benzene rings is 3. The Kier molecular flexibility index (Phi) is 7.89. The first-order valence-electron chi connectivity index (χ1n) is 12.1. The Hall–Kier alpha value is -3.76. The quantitative estimate of drug-likeness (QED) is 0.328. The van der Waals surface area contributed by atoms with E-state index in [0.717, 1.165) is 44.7 Å². The predicted octanol–water partition coefficient (Wildman–Crippen LogP) is 5.13. The van der Waals surface area contributed by atoms with Crippen LogP contribution in [-0.2, 0) is 14.6 Å². The van der Waals surface area contributed by atoms with Gasteiger partial charge < -0.3 is 14.6 Å². The maximum absolute atomic E-state index is 11.3. The van der Waals surface area contributed by atoms with Crippen molar-refractivity contribution in [3.8, 4) is 34.5 Å². The average Bonchev–Trinajstić information content (AvgIpc) is 3.21. The van der Waals surface area contributed by atoms with Gasteiger partial charge >= 0.3 is 5.97 Å². The Labute approximate surface area is 218 Å². The molecule has 1 N–H and O–H groups in total. The van der Waals surface area contributed by atoms with Crippen molar-refractivity contribution in [3.05, 3.63) is 82.4 Å². The summed E-state index contributed by atoms with van der Waals surface area (Å²) in [4.78, 5) is 11.1. The summed E-state index contributed by atoms with van der Waals surface area (Å²) in [5.74, 6) is 7.01.